The molecule has 0 fully saturated rings. The molecule has 4 aromatic rings. The van der Waals surface area contributed by atoms with Gasteiger partial charge in [0.1, 0.15) is 29.6 Å². The van der Waals surface area contributed by atoms with Gasteiger partial charge < -0.3 is 20.6 Å². The van der Waals surface area contributed by atoms with Crippen molar-refractivity contribution in [2.45, 2.75) is 33.2 Å². The molecular formula is C25H27N7O2. The highest BCUT2D eigenvalue weighted by molar-refractivity contribution is 5.96. The minimum absolute atomic E-state index is 0.0313. The lowest BCUT2D eigenvalue weighted by atomic mass is 9.99. The number of nitrogens with two attached hydrogens (primary N) is 2. The number of benzene rings is 1. The van der Waals surface area contributed by atoms with Crippen LogP contribution in [0.5, 0.6) is 0 Å². The zero-order chi connectivity index (χ0) is 25.0. The summed E-state index contributed by atoms with van der Waals surface area (Å²) in [5.41, 5.74) is 13.4. The minimum atomic E-state index is -0.0631. The van der Waals surface area contributed by atoms with Gasteiger partial charge in [-0.2, -0.15) is 5.26 Å². The third kappa shape index (κ3) is 4.66. The van der Waals surface area contributed by atoms with Gasteiger partial charge in [-0.25, -0.2) is 9.97 Å². The number of fused-ring (bicyclic) bond motifs is 1. The molecule has 0 aliphatic heterocycles. The Labute approximate surface area is 196 Å². The number of hydrogen-bond acceptors (Lipinski definition) is 7. The lowest BCUT2D eigenvalue weighted by Crippen LogP contribution is -2.25. The van der Waals surface area contributed by atoms with E-state index in [2.05, 4.69) is 23.0 Å². The first-order chi connectivity index (χ1) is 16.2. The topological polar surface area (TPSA) is 146 Å². The molecule has 4 rings (SSSR count). The second-order valence-corrected chi connectivity index (χ2v) is 8.03. The predicted octanol–water partition coefficient (Wildman–Crippen LogP) is 3.02. The fraction of sp³-hybridized carbons (Fsp3) is 0.240. The molecule has 0 amide bonds. The van der Waals surface area contributed by atoms with E-state index in [0.717, 1.165) is 28.6 Å². The molecule has 174 valence electrons. The van der Waals surface area contributed by atoms with E-state index in [1.54, 1.807) is 25.4 Å². The molecule has 0 bridgehead atoms. The minimum Gasteiger partial charge on any atom is -0.382 e. The van der Waals surface area contributed by atoms with Crippen LogP contribution >= 0.6 is 0 Å². The Morgan fingerprint density at radius 2 is 1.76 bits per heavy atom. The van der Waals surface area contributed by atoms with Crippen molar-refractivity contribution >= 4 is 22.4 Å². The quantitative estimate of drug-likeness (QED) is 0.481. The Hall–Kier alpha value is -4.45. The smallest absolute Gasteiger partial charge is 0.259 e. The zero-order valence-corrected chi connectivity index (χ0v) is 19.6. The van der Waals surface area contributed by atoms with E-state index >= 15 is 0 Å². The summed E-state index contributed by atoms with van der Waals surface area (Å²) in [6.45, 7) is 6.12. The third-order valence-electron chi connectivity index (χ3n) is 5.45. The first-order valence-corrected chi connectivity index (χ1v) is 10.8. The summed E-state index contributed by atoms with van der Waals surface area (Å²) >= 11 is 0. The van der Waals surface area contributed by atoms with Crippen molar-refractivity contribution in [3.63, 3.8) is 0 Å². The van der Waals surface area contributed by atoms with Crippen LogP contribution < -0.4 is 22.6 Å². The number of aryl methyl sites for hydroxylation is 2. The Morgan fingerprint density at radius 3 is 2.29 bits per heavy atom. The van der Waals surface area contributed by atoms with E-state index < -0.39 is 0 Å². The van der Waals surface area contributed by atoms with Gasteiger partial charge in [-0.05, 0) is 48.9 Å². The maximum atomic E-state index is 13.2. The third-order valence-corrected chi connectivity index (χ3v) is 5.45. The number of pyridine rings is 2. The first kappa shape index (κ1) is 24.2. The number of aromatic nitrogens is 4. The summed E-state index contributed by atoms with van der Waals surface area (Å²) in [4.78, 5) is 32.0. The number of rotatable bonds is 3. The molecule has 0 saturated heterocycles. The maximum absolute atomic E-state index is 13.2. The Morgan fingerprint density at radius 1 is 1.09 bits per heavy atom. The summed E-state index contributed by atoms with van der Waals surface area (Å²) in [6, 6.07) is 13.2. The van der Waals surface area contributed by atoms with E-state index in [-0.39, 0.29) is 34.4 Å². The number of nitrogens with zero attached hydrogens (tertiary/aromatic N) is 5. The molecule has 1 aromatic carbocycles. The Balaban J connectivity index is 0.000000271. The van der Waals surface area contributed by atoms with Gasteiger partial charge in [-0.3, -0.25) is 9.59 Å². The molecule has 0 saturated carbocycles. The number of anilines is 2. The molecule has 0 aliphatic carbocycles. The Bertz CT molecular complexity index is 1490. The van der Waals surface area contributed by atoms with Crippen LogP contribution in [0.1, 0.15) is 38.1 Å². The van der Waals surface area contributed by atoms with Crippen LogP contribution in [0.2, 0.25) is 0 Å². The predicted molar refractivity (Wildman–Crippen MR) is 134 cm³/mol. The molecule has 0 unspecified atom stereocenters. The largest absolute Gasteiger partial charge is 0.382 e. The van der Waals surface area contributed by atoms with E-state index in [1.807, 2.05) is 36.6 Å². The van der Waals surface area contributed by atoms with Gasteiger partial charge in [0.05, 0.1) is 5.39 Å². The van der Waals surface area contributed by atoms with Crippen LogP contribution in [0.15, 0.2) is 58.5 Å². The average Bonchev–Trinajstić information content (AvgIpc) is 2.80. The molecule has 0 aliphatic rings. The molecule has 9 heteroatoms. The van der Waals surface area contributed by atoms with Crippen LogP contribution in [0, 0.1) is 11.3 Å². The molecule has 3 heterocycles. The molecule has 4 N–H and O–H groups in total. The summed E-state index contributed by atoms with van der Waals surface area (Å²) in [5, 5.41) is 10.1. The summed E-state index contributed by atoms with van der Waals surface area (Å²) in [6.07, 6.45) is 3.81. The molecular weight excluding hydrogens is 430 g/mol. The molecule has 0 atom stereocenters. The standard InChI is InChI=1S/C20H22N2O2.C5H5N5/c1-5-16-11-14-7-6-8-17(15-9-10-18(23)21(4)12-15)19(14)20(24)22(16)13(2)3;6-1-3-4(7)9-2-10-5(3)8/h6-13H,5H2,1-4H3;2H,(H4,7,8,9,10). The highest BCUT2D eigenvalue weighted by Gasteiger charge is 2.15. The van der Waals surface area contributed by atoms with Crippen LogP contribution in [-0.4, -0.2) is 19.1 Å². The average molecular weight is 458 g/mol. The Kier molecular flexibility index (Phi) is 7.12. The van der Waals surface area contributed by atoms with Gasteiger partial charge in [0, 0.05) is 31.0 Å². The van der Waals surface area contributed by atoms with E-state index in [1.165, 1.54) is 17.0 Å². The fourth-order valence-electron chi connectivity index (χ4n) is 3.79. The second kappa shape index (κ2) is 10.0. The molecule has 0 spiro atoms. The number of nitrogen functional groups attached to an aromatic ring is 2. The number of hydrogen-bond donors (Lipinski definition) is 2. The van der Waals surface area contributed by atoms with Crippen molar-refractivity contribution < 1.29 is 0 Å². The van der Waals surface area contributed by atoms with Gasteiger partial charge in [-0.15, -0.1) is 0 Å². The molecule has 9 nitrogen and oxygen atoms in total. The lowest BCUT2D eigenvalue weighted by molar-refractivity contribution is 0.557. The molecule has 0 radical (unpaired) electrons. The summed E-state index contributed by atoms with van der Waals surface area (Å²) in [5.74, 6) is 0.241. The lowest BCUT2D eigenvalue weighted by Gasteiger charge is -2.18. The van der Waals surface area contributed by atoms with E-state index in [0.29, 0.717) is 5.39 Å². The second-order valence-electron chi connectivity index (χ2n) is 8.03. The van der Waals surface area contributed by atoms with Crippen molar-refractivity contribution in [3.8, 4) is 17.2 Å². The zero-order valence-electron chi connectivity index (χ0n) is 19.6. The van der Waals surface area contributed by atoms with Crippen molar-refractivity contribution in [3.05, 3.63) is 80.9 Å². The van der Waals surface area contributed by atoms with Crippen molar-refractivity contribution in [1.82, 2.24) is 19.1 Å². The SMILES string of the molecule is CCc1cc2cccc(-c3ccc(=O)n(C)c3)c2c(=O)n1C(C)C.N#Cc1c(N)ncnc1N. The van der Waals surface area contributed by atoms with Crippen LogP contribution in [0.25, 0.3) is 21.9 Å². The molecule has 3 aromatic heterocycles. The van der Waals surface area contributed by atoms with Gasteiger partial charge in [0.25, 0.3) is 5.56 Å². The van der Waals surface area contributed by atoms with Crippen LogP contribution in [-0.2, 0) is 13.5 Å². The van der Waals surface area contributed by atoms with Gasteiger partial charge in [0.2, 0.25) is 5.56 Å². The highest BCUT2D eigenvalue weighted by Crippen LogP contribution is 2.27. The van der Waals surface area contributed by atoms with Crippen molar-refractivity contribution in [2.75, 3.05) is 11.5 Å². The van der Waals surface area contributed by atoms with Crippen LogP contribution in [0.3, 0.4) is 0 Å². The van der Waals surface area contributed by atoms with E-state index in [4.69, 9.17) is 16.7 Å². The van der Waals surface area contributed by atoms with Crippen molar-refractivity contribution in [2.24, 2.45) is 7.05 Å². The van der Waals surface area contributed by atoms with Crippen LogP contribution in [0.4, 0.5) is 11.6 Å². The maximum Gasteiger partial charge on any atom is 0.259 e. The highest BCUT2D eigenvalue weighted by atomic mass is 16.1. The summed E-state index contributed by atoms with van der Waals surface area (Å²) in [7, 11) is 1.72. The van der Waals surface area contributed by atoms with Gasteiger partial charge in [-0.1, -0.05) is 25.1 Å². The first-order valence-electron chi connectivity index (χ1n) is 10.8. The number of nitriles is 1. The summed E-state index contributed by atoms with van der Waals surface area (Å²) < 4.78 is 3.41. The normalized spacial score (nSPS) is 10.6. The molecule has 34 heavy (non-hydrogen) atoms. The van der Waals surface area contributed by atoms with Crippen molar-refractivity contribution in [1.29, 1.82) is 5.26 Å². The monoisotopic (exact) mass is 457 g/mol. The fourth-order valence-corrected chi connectivity index (χ4v) is 3.79. The van der Waals surface area contributed by atoms with Gasteiger partial charge >= 0.3 is 0 Å². The van der Waals surface area contributed by atoms with E-state index in [9.17, 15) is 9.59 Å². The van der Waals surface area contributed by atoms with Gasteiger partial charge in [0.15, 0.2) is 0 Å².